The monoisotopic (exact) mass is 337 g/mol. The van der Waals surface area contributed by atoms with Gasteiger partial charge in [0.05, 0.1) is 0 Å². The van der Waals surface area contributed by atoms with E-state index < -0.39 is 0 Å². The second-order valence-electron chi connectivity index (χ2n) is 7.79. The van der Waals surface area contributed by atoms with E-state index in [9.17, 15) is 0 Å². The number of nitrogens with zero attached hydrogens (tertiary/aromatic N) is 3. The molecule has 0 aromatic heterocycles. The Morgan fingerprint density at radius 1 is 1.08 bits per heavy atom. The molecule has 0 atom stereocenters. The van der Waals surface area contributed by atoms with E-state index in [2.05, 4.69) is 46.2 Å². The number of guanidine groups is 1. The van der Waals surface area contributed by atoms with E-state index in [4.69, 9.17) is 0 Å². The molecule has 2 aliphatic heterocycles. The Morgan fingerprint density at radius 2 is 1.75 bits per heavy atom. The van der Waals surface area contributed by atoms with Crippen LogP contribution in [-0.2, 0) is 0 Å². The van der Waals surface area contributed by atoms with E-state index in [1.807, 2.05) is 7.05 Å². The molecule has 0 amide bonds. The fourth-order valence-corrected chi connectivity index (χ4v) is 3.92. The normalized spacial score (nSPS) is 23.0. The molecule has 2 fully saturated rings. The minimum atomic E-state index is 0.567. The smallest absolute Gasteiger partial charge is 0.191 e. The summed E-state index contributed by atoms with van der Waals surface area (Å²) >= 11 is 0. The fourth-order valence-electron chi connectivity index (χ4n) is 3.92. The molecule has 2 saturated heterocycles. The Morgan fingerprint density at radius 3 is 2.29 bits per heavy atom. The SMILES string of the molecule is CCCN1CCC(CNC(=NC)NC2CCN(C(C)C)CC2)CC1. The molecule has 0 aromatic carbocycles. The van der Waals surface area contributed by atoms with Gasteiger partial charge in [0, 0.05) is 38.8 Å². The van der Waals surface area contributed by atoms with Crippen molar-refractivity contribution in [1.29, 1.82) is 0 Å². The van der Waals surface area contributed by atoms with Crippen molar-refractivity contribution in [2.45, 2.75) is 65.0 Å². The van der Waals surface area contributed by atoms with Gasteiger partial charge in [0.25, 0.3) is 0 Å². The zero-order chi connectivity index (χ0) is 17.4. The first kappa shape index (κ1) is 19.5. The van der Waals surface area contributed by atoms with Gasteiger partial charge in [-0.05, 0) is 71.5 Å². The first-order chi connectivity index (χ1) is 11.6. The lowest BCUT2D eigenvalue weighted by atomic mass is 9.97. The van der Waals surface area contributed by atoms with E-state index in [-0.39, 0.29) is 0 Å². The van der Waals surface area contributed by atoms with Gasteiger partial charge in [0.15, 0.2) is 5.96 Å². The molecule has 24 heavy (non-hydrogen) atoms. The minimum Gasteiger partial charge on any atom is -0.356 e. The lowest BCUT2D eigenvalue weighted by Gasteiger charge is -2.36. The third-order valence-electron chi connectivity index (χ3n) is 5.63. The Kier molecular flexibility index (Phi) is 8.33. The largest absolute Gasteiger partial charge is 0.356 e. The summed E-state index contributed by atoms with van der Waals surface area (Å²) in [5.41, 5.74) is 0. The summed E-state index contributed by atoms with van der Waals surface area (Å²) in [4.78, 5) is 9.61. The second kappa shape index (κ2) is 10.2. The Hall–Kier alpha value is -0.810. The van der Waals surface area contributed by atoms with Crippen LogP contribution in [0.15, 0.2) is 4.99 Å². The van der Waals surface area contributed by atoms with Crippen molar-refractivity contribution in [1.82, 2.24) is 20.4 Å². The second-order valence-corrected chi connectivity index (χ2v) is 7.79. The van der Waals surface area contributed by atoms with Crippen LogP contribution in [0.3, 0.4) is 0 Å². The van der Waals surface area contributed by atoms with Gasteiger partial charge >= 0.3 is 0 Å². The van der Waals surface area contributed by atoms with Crippen LogP contribution in [0.1, 0.15) is 52.9 Å². The highest BCUT2D eigenvalue weighted by atomic mass is 15.2. The topological polar surface area (TPSA) is 42.9 Å². The summed E-state index contributed by atoms with van der Waals surface area (Å²) in [7, 11) is 1.89. The quantitative estimate of drug-likeness (QED) is 0.576. The van der Waals surface area contributed by atoms with Crippen molar-refractivity contribution < 1.29 is 0 Å². The molecule has 0 bridgehead atoms. The number of rotatable bonds is 6. The van der Waals surface area contributed by atoms with Crippen molar-refractivity contribution in [3.63, 3.8) is 0 Å². The fraction of sp³-hybridized carbons (Fsp3) is 0.947. The number of nitrogens with one attached hydrogen (secondary N) is 2. The average Bonchev–Trinajstić information content (AvgIpc) is 2.60. The molecule has 2 aliphatic rings. The maximum absolute atomic E-state index is 4.44. The van der Waals surface area contributed by atoms with Gasteiger partial charge in [-0.1, -0.05) is 6.92 Å². The van der Waals surface area contributed by atoms with Crippen molar-refractivity contribution in [3.05, 3.63) is 0 Å². The highest BCUT2D eigenvalue weighted by Crippen LogP contribution is 2.16. The predicted octanol–water partition coefficient (Wildman–Crippen LogP) is 2.15. The summed E-state index contributed by atoms with van der Waals surface area (Å²) in [5, 5.41) is 7.21. The molecule has 140 valence electrons. The van der Waals surface area contributed by atoms with Gasteiger partial charge in [0.1, 0.15) is 0 Å². The van der Waals surface area contributed by atoms with Crippen LogP contribution in [0.2, 0.25) is 0 Å². The van der Waals surface area contributed by atoms with Crippen LogP contribution >= 0.6 is 0 Å². The van der Waals surface area contributed by atoms with Gasteiger partial charge in [-0.25, -0.2) is 0 Å². The molecule has 0 aliphatic carbocycles. The summed E-state index contributed by atoms with van der Waals surface area (Å²) in [6.45, 7) is 14.1. The maximum atomic E-state index is 4.44. The molecule has 5 nitrogen and oxygen atoms in total. The van der Waals surface area contributed by atoms with Gasteiger partial charge in [-0.3, -0.25) is 4.99 Å². The maximum Gasteiger partial charge on any atom is 0.191 e. The highest BCUT2D eigenvalue weighted by molar-refractivity contribution is 5.79. The zero-order valence-corrected chi connectivity index (χ0v) is 16.4. The molecule has 2 rings (SSSR count). The number of likely N-dealkylation sites (tertiary alicyclic amines) is 2. The van der Waals surface area contributed by atoms with Crippen LogP contribution in [-0.4, -0.2) is 74.2 Å². The lowest BCUT2D eigenvalue weighted by molar-refractivity contribution is 0.167. The van der Waals surface area contributed by atoms with Crippen molar-refractivity contribution >= 4 is 5.96 Å². The number of hydrogen-bond donors (Lipinski definition) is 2. The first-order valence-electron chi connectivity index (χ1n) is 10.1. The number of aliphatic imine (C=N–C) groups is 1. The molecule has 0 spiro atoms. The summed E-state index contributed by atoms with van der Waals surface area (Å²) < 4.78 is 0. The average molecular weight is 338 g/mol. The molecule has 5 heteroatoms. The van der Waals surface area contributed by atoms with E-state index in [1.54, 1.807) is 0 Å². The standard InChI is InChI=1S/C19H39N5/c1-5-10-23-11-6-17(7-12-23)15-21-19(20-4)22-18-8-13-24(14-9-18)16(2)3/h16-18H,5-15H2,1-4H3,(H2,20,21,22). The van der Waals surface area contributed by atoms with Crippen LogP contribution in [0, 0.1) is 5.92 Å². The molecule has 0 saturated carbocycles. The Balaban J connectivity index is 1.65. The Bertz CT molecular complexity index is 366. The van der Waals surface area contributed by atoms with Crippen LogP contribution in [0.25, 0.3) is 0 Å². The number of hydrogen-bond acceptors (Lipinski definition) is 3. The third kappa shape index (κ3) is 6.25. The predicted molar refractivity (Wildman–Crippen MR) is 104 cm³/mol. The van der Waals surface area contributed by atoms with Crippen LogP contribution < -0.4 is 10.6 Å². The third-order valence-corrected chi connectivity index (χ3v) is 5.63. The summed E-state index contributed by atoms with van der Waals surface area (Å²) in [6.07, 6.45) is 6.34. The molecule has 0 unspecified atom stereocenters. The van der Waals surface area contributed by atoms with Crippen molar-refractivity contribution in [3.8, 4) is 0 Å². The van der Waals surface area contributed by atoms with Crippen molar-refractivity contribution in [2.24, 2.45) is 10.9 Å². The number of piperidine rings is 2. The molecule has 2 N–H and O–H groups in total. The minimum absolute atomic E-state index is 0.567. The van der Waals surface area contributed by atoms with E-state index in [1.165, 1.54) is 64.8 Å². The van der Waals surface area contributed by atoms with Gasteiger partial charge in [-0.15, -0.1) is 0 Å². The first-order valence-corrected chi connectivity index (χ1v) is 10.1. The highest BCUT2D eigenvalue weighted by Gasteiger charge is 2.22. The molecular formula is C19H39N5. The van der Waals surface area contributed by atoms with E-state index in [0.29, 0.717) is 12.1 Å². The van der Waals surface area contributed by atoms with Gasteiger partial charge < -0.3 is 20.4 Å². The zero-order valence-electron chi connectivity index (χ0n) is 16.4. The Labute approximate surface area is 149 Å². The van der Waals surface area contributed by atoms with E-state index in [0.717, 1.165) is 18.4 Å². The van der Waals surface area contributed by atoms with Gasteiger partial charge in [0.2, 0.25) is 0 Å². The van der Waals surface area contributed by atoms with Gasteiger partial charge in [-0.2, -0.15) is 0 Å². The van der Waals surface area contributed by atoms with Crippen LogP contribution in [0.5, 0.6) is 0 Å². The van der Waals surface area contributed by atoms with Crippen molar-refractivity contribution in [2.75, 3.05) is 46.3 Å². The molecule has 0 radical (unpaired) electrons. The summed E-state index contributed by atoms with van der Waals surface area (Å²) in [6, 6.07) is 1.24. The molecule has 0 aromatic rings. The van der Waals surface area contributed by atoms with Crippen LogP contribution in [0.4, 0.5) is 0 Å². The lowest BCUT2D eigenvalue weighted by Crippen LogP contribution is -2.50. The summed E-state index contributed by atoms with van der Waals surface area (Å²) in [5.74, 6) is 1.79. The molecule has 2 heterocycles. The van der Waals surface area contributed by atoms with E-state index >= 15 is 0 Å². The molecular weight excluding hydrogens is 298 g/mol.